The van der Waals surface area contributed by atoms with E-state index in [1.807, 2.05) is 12.1 Å². The largest absolute Gasteiger partial charge is 0.495 e. The van der Waals surface area contributed by atoms with Crippen LogP contribution in [0.2, 0.25) is 5.02 Å². The molecule has 1 amide bonds. The summed E-state index contributed by atoms with van der Waals surface area (Å²) in [6, 6.07) is 9.60. The zero-order chi connectivity index (χ0) is 19.7. The van der Waals surface area contributed by atoms with E-state index in [1.54, 1.807) is 6.07 Å². The molecule has 0 aromatic heterocycles. The van der Waals surface area contributed by atoms with Gasteiger partial charge >= 0.3 is 0 Å². The van der Waals surface area contributed by atoms with Crippen LogP contribution in [0.3, 0.4) is 0 Å². The summed E-state index contributed by atoms with van der Waals surface area (Å²) in [6.45, 7) is 6.19. The summed E-state index contributed by atoms with van der Waals surface area (Å²) < 4.78 is 28.8. The fourth-order valence-corrected chi connectivity index (χ4v) is 3.22. The number of nitrogens with one attached hydrogen (secondary N) is 1. The monoisotopic (exact) mass is 395 g/mol. The van der Waals surface area contributed by atoms with Gasteiger partial charge in [0.15, 0.2) is 9.84 Å². The summed E-state index contributed by atoms with van der Waals surface area (Å²) >= 11 is 6.10. The quantitative estimate of drug-likeness (QED) is 0.837. The number of carbonyl (C=O) groups is 1. The fraction of sp³-hybridized carbons (Fsp3) is 0.316. The molecule has 0 saturated heterocycles. The molecule has 0 saturated carbocycles. The summed E-state index contributed by atoms with van der Waals surface area (Å²) in [6.07, 6.45) is 1.08. The zero-order valence-corrected chi connectivity index (χ0v) is 17.0. The maximum absolute atomic E-state index is 12.7. The van der Waals surface area contributed by atoms with E-state index in [0.29, 0.717) is 11.4 Å². The van der Waals surface area contributed by atoms with E-state index in [0.717, 1.165) is 11.8 Å². The zero-order valence-electron chi connectivity index (χ0n) is 15.4. The summed E-state index contributed by atoms with van der Waals surface area (Å²) in [7, 11) is -1.94. The molecule has 7 heteroatoms. The lowest BCUT2D eigenvalue weighted by Gasteiger charge is -2.21. The maximum Gasteiger partial charge on any atom is 0.257 e. The molecule has 1 N–H and O–H groups in total. The van der Waals surface area contributed by atoms with Crippen LogP contribution in [0.1, 0.15) is 36.7 Å². The normalized spacial score (nSPS) is 11.9. The number of carbonyl (C=O) groups excluding carboxylic acids is 1. The van der Waals surface area contributed by atoms with Crippen molar-refractivity contribution in [3.63, 3.8) is 0 Å². The van der Waals surface area contributed by atoms with E-state index in [-0.39, 0.29) is 20.9 Å². The fourth-order valence-electron chi connectivity index (χ4n) is 2.37. The molecule has 0 aliphatic heterocycles. The molecule has 0 bridgehead atoms. The van der Waals surface area contributed by atoms with Crippen molar-refractivity contribution in [1.82, 2.24) is 0 Å². The van der Waals surface area contributed by atoms with Gasteiger partial charge < -0.3 is 10.1 Å². The Labute approximate surface area is 159 Å². The summed E-state index contributed by atoms with van der Waals surface area (Å²) in [5, 5.41) is 2.93. The van der Waals surface area contributed by atoms with Crippen molar-refractivity contribution in [2.75, 3.05) is 18.7 Å². The van der Waals surface area contributed by atoms with Crippen LogP contribution in [-0.4, -0.2) is 27.7 Å². The third-order valence-electron chi connectivity index (χ3n) is 3.92. The van der Waals surface area contributed by atoms with Crippen molar-refractivity contribution in [3.8, 4) is 5.75 Å². The van der Waals surface area contributed by atoms with Gasteiger partial charge in [-0.05, 0) is 41.3 Å². The van der Waals surface area contributed by atoms with Crippen molar-refractivity contribution in [1.29, 1.82) is 0 Å². The van der Waals surface area contributed by atoms with Crippen molar-refractivity contribution in [3.05, 3.63) is 52.5 Å². The predicted molar refractivity (Wildman–Crippen MR) is 104 cm³/mol. The first-order valence-electron chi connectivity index (χ1n) is 7.93. The van der Waals surface area contributed by atoms with E-state index in [4.69, 9.17) is 16.3 Å². The molecule has 0 fully saturated rings. The van der Waals surface area contributed by atoms with E-state index >= 15 is 0 Å². The minimum atomic E-state index is -3.45. The number of ether oxygens (including phenoxy) is 1. The molecule has 2 rings (SSSR count). The van der Waals surface area contributed by atoms with Crippen LogP contribution in [0.4, 0.5) is 5.69 Å². The van der Waals surface area contributed by atoms with Gasteiger partial charge in [-0.3, -0.25) is 4.79 Å². The first kappa shape index (κ1) is 20.3. The maximum atomic E-state index is 12.7. The van der Waals surface area contributed by atoms with Crippen molar-refractivity contribution in [2.24, 2.45) is 0 Å². The Hall–Kier alpha value is -2.05. The second-order valence-corrected chi connectivity index (χ2v) is 9.46. The van der Waals surface area contributed by atoms with Crippen LogP contribution in [0.15, 0.2) is 41.3 Å². The molecule has 0 heterocycles. The highest BCUT2D eigenvalue weighted by atomic mass is 35.5. The van der Waals surface area contributed by atoms with Gasteiger partial charge in [-0.2, -0.15) is 0 Å². The Morgan fingerprint density at radius 3 is 2.31 bits per heavy atom. The highest BCUT2D eigenvalue weighted by Gasteiger charge is 2.19. The van der Waals surface area contributed by atoms with Crippen molar-refractivity contribution >= 4 is 33.0 Å². The number of benzene rings is 2. The molecule has 26 heavy (non-hydrogen) atoms. The number of sulfone groups is 1. The number of halogens is 1. The lowest BCUT2D eigenvalue weighted by molar-refractivity contribution is 0.102. The lowest BCUT2D eigenvalue weighted by atomic mass is 9.87. The van der Waals surface area contributed by atoms with Gasteiger partial charge in [0.2, 0.25) is 0 Å². The topological polar surface area (TPSA) is 72.5 Å². The van der Waals surface area contributed by atoms with Gasteiger partial charge in [0.25, 0.3) is 5.91 Å². The van der Waals surface area contributed by atoms with Crippen LogP contribution in [-0.2, 0) is 15.3 Å². The summed E-state index contributed by atoms with van der Waals surface area (Å²) in [4.78, 5) is 12.7. The SMILES string of the molecule is COc1ccc(C(C)(C)C)cc1NC(=O)c1cc(S(C)(=O)=O)ccc1Cl. The molecule has 140 valence electrons. The second kappa shape index (κ2) is 7.29. The third-order valence-corrected chi connectivity index (χ3v) is 5.36. The van der Waals surface area contributed by atoms with Gasteiger partial charge in [0.1, 0.15) is 5.75 Å². The Kier molecular flexibility index (Phi) is 5.68. The molecule has 0 radical (unpaired) electrons. The Balaban J connectivity index is 2.45. The second-order valence-electron chi connectivity index (χ2n) is 7.03. The Morgan fingerprint density at radius 2 is 1.77 bits per heavy atom. The summed E-state index contributed by atoms with van der Waals surface area (Å²) in [5.74, 6) is -0.00778. The van der Waals surface area contributed by atoms with Gasteiger partial charge in [-0.25, -0.2) is 8.42 Å². The number of hydrogen-bond acceptors (Lipinski definition) is 4. The van der Waals surface area contributed by atoms with Crippen LogP contribution < -0.4 is 10.1 Å². The minimum Gasteiger partial charge on any atom is -0.495 e. The number of amides is 1. The first-order chi connectivity index (χ1) is 11.9. The van der Waals surface area contributed by atoms with Crippen molar-refractivity contribution in [2.45, 2.75) is 31.1 Å². The molecule has 0 atom stereocenters. The van der Waals surface area contributed by atoms with Gasteiger partial charge in [-0.15, -0.1) is 0 Å². The van der Waals surface area contributed by atoms with Crippen LogP contribution >= 0.6 is 11.6 Å². The predicted octanol–water partition coefficient (Wildman–Crippen LogP) is 4.30. The molecule has 0 spiro atoms. The van der Waals surface area contributed by atoms with E-state index < -0.39 is 15.7 Å². The minimum absolute atomic E-state index is 0.0301. The number of hydrogen-bond donors (Lipinski definition) is 1. The average Bonchev–Trinajstić information content (AvgIpc) is 2.53. The van der Waals surface area contributed by atoms with E-state index in [9.17, 15) is 13.2 Å². The summed E-state index contributed by atoms with van der Waals surface area (Å²) in [5.41, 5.74) is 1.48. The molecular formula is C19H22ClNO4S. The van der Waals surface area contributed by atoms with Crippen LogP contribution in [0.5, 0.6) is 5.75 Å². The van der Waals surface area contributed by atoms with Crippen molar-refractivity contribution < 1.29 is 17.9 Å². The van der Waals surface area contributed by atoms with Crippen LogP contribution in [0.25, 0.3) is 0 Å². The lowest BCUT2D eigenvalue weighted by Crippen LogP contribution is -2.16. The third kappa shape index (κ3) is 4.56. The number of methoxy groups -OCH3 is 1. The van der Waals surface area contributed by atoms with E-state index in [1.165, 1.54) is 25.3 Å². The molecule has 5 nitrogen and oxygen atoms in total. The molecule has 0 aliphatic carbocycles. The molecule has 2 aromatic rings. The molecular weight excluding hydrogens is 374 g/mol. The van der Waals surface area contributed by atoms with Gasteiger partial charge in [-0.1, -0.05) is 38.4 Å². The number of rotatable bonds is 4. The number of anilines is 1. The Morgan fingerprint density at radius 1 is 1.12 bits per heavy atom. The van der Waals surface area contributed by atoms with Gasteiger partial charge in [0, 0.05) is 6.26 Å². The molecule has 0 aliphatic rings. The standard InChI is InChI=1S/C19H22ClNO4S/c1-19(2,3)12-6-9-17(25-4)16(10-12)21-18(22)14-11-13(26(5,23)24)7-8-15(14)20/h6-11H,1-5H3,(H,21,22). The van der Waals surface area contributed by atoms with E-state index in [2.05, 4.69) is 26.1 Å². The van der Waals surface area contributed by atoms with Gasteiger partial charge in [0.05, 0.1) is 28.3 Å². The average molecular weight is 396 g/mol. The molecule has 0 unspecified atom stereocenters. The Bertz CT molecular complexity index is 946. The smallest absolute Gasteiger partial charge is 0.257 e. The highest BCUT2D eigenvalue weighted by Crippen LogP contribution is 2.32. The molecule has 2 aromatic carbocycles. The highest BCUT2D eigenvalue weighted by molar-refractivity contribution is 7.90. The first-order valence-corrected chi connectivity index (χ1v) is 10.2. The van der Waals surface area contributed by atoms with Crippen LogP contribution in [0, 0.1) is 0 Å².